The molecule has 0 aliphatic heterocycles. The van der Waals surface area contributed by atoms with Gasteiger partial charge in [0.05, 0.1) is 28.8 Å². The molecule has 8 aromatic carbocycles. The zero-order valence-electron chi connectivity index (χ0n) is 45.4. The fourth-order valence-corrected chi connectivity index (χ4v) is 5.01. The topological polar surface area (TPSA) is 3.24 Å². The predicted molar refractivity (Wildman–Crippen MR) is 200 cm³/mol. The van der Waals surface area contributed by atoms with E-state index in [0.717, 1.165) is 0 Å². The van der Waals surface area contributed by atoms with E-state index in [0.29, 0.717) is 15.7 Å². The van der Waals surface area contributed by atoms with Crippen LogP contribution < -0.4 is 4.90 Å². The first kappa shape index (κ1) is 13.7. The molecule has 0 spiro atoms. The first-order chi connectivity index (χ1) is 32.1. The fourth-order valence-electron chi connectivity index (χ4n) is 5.01. The van der Waals surface area contributed by atoms with Crippen LogP contribution >= 0.6 is 0 Å². The molecule has 1 nitrogen and oxygen atoms in total. The summed E-state index contributed by atoms with van der Waals surface area (Å²) in [5.74, 6) is 0. The van der Waals surface area contributed by atoms with Gasteiger partial charge in [-0.15, -0.1) is 0 Å². The van der Waals surface area contributed by atoms with Crippen LogP contribution in [0.3, 0.4) is 0 Å². The molecule has 0 fully saturated rings. The minimum atomic E-state index is -1.05. The summed E-state index contributed by atoms with van der Waals surface area (Å²) in [6, 6.07) is 1.98. The molecule has 0 saturated heterocycles. The summed E-state index contributed by atoms with van der Waals surface area (Å²) >= 11 is 0. The molecule has 8 aromatic rings. The van der Waals surface area contributed by atoms with Gasteiger partial charge in [0.15, 0.2) is 0 Å². The molecule has 0 atom stereocenters. The van der Waals surface area contributed by atoms with Crippen molar-refractivity contribution >= 4 is 27.8 Å². The molecule has 1 heteroatoms. The van der Waals surface area contributed by atoms with Gasteiger partial charge in [0.25, 0.3) is 0 Å². The maximum absolute atomic E-state index is 9.73. The van der Waals surface area contributed by atoms with E-state index in [9.17, 15) is 11.0 Å². The van der Waals surface area contributed by atoms with E-state index in [1.807, 2.05) is 0 Å². The van der Waals surface area contributed by atoms with Crippen molar-refractivity contribution in [3.05, 3.63) is 200 Å². The van der Waals surface area contributed by atoms with Gasteiger partial charge >= 0.3 is 0 Å². The second-order valence-electron chi connectivity index (χ2n) is 10.1. The Kier molecular flexibility index (Phi) is 3.68. The van der Waals surface area contributed by atoms with E-state index in [2.05, 4.69) is 0 Å². The summed E-state index contributed by atoms with van der Waals surface area (Å²) in [7, 11) is 0. The lowest BCUT2D eigenvalue weighted by Crippen LogP contribution is -2.10. The smallest absolute Gasteiger partial charge is 0.0651 e. The lowest BCUT2D eigenvalue weighted by Gasteiger charge is -2.26. The van der Waals surface area contributed by atoms with E-state index in [4.69, 9.17) is 17.8 Å². The van der Waals surface area contributed by atoms with Crippen molar-refractivity contribution in [2.75, 3.05) is 4.90 Å². The van der Waals surface area contributed by atoms with E-state index in [1.165, 1.54) is 0 Å². The standard InChI is InChI=1S/C46H33N/c1-3-11-34(12-4-1)36-21-23-37(24-22-36)39-27-31-43(32-28-39)47(42-29-25-38(26-30-42)35-13-5-2-6-14-35)44-18-9-17-41(33-44)46-20-10-16-40-15-7-8-19-45(40)46/h1-33H/i1D,3D,4D,9D,11D,12D,17D,18D,21D,22D,23D,24D,25D,26D,27D,28D,29D,30D,31D,32D,33D. The van der Waals surface area contributed by atoms with Crippen LogP contribution in [0, 0.1) is 0 Å². The largest absolute Gasteiger partial charge is 0.310 e. The van der Waals surface area contributed by atoms with E-state index < -0.39 is 166 Å². The molecule has 8 rings (SSSR count). The first-order valence-electron chi connectivity index (χ1n) is 24.9. The Bertz CT molecular complexity index is 3360. The SMILES string of the molecule is [2H]c1c([2H])c([2H])c(-c2c([2H])c([2H])c(-c3c([2H])c([2H])c(N(c4c([2H])c([2H])c(-c5ccccc5)c([2H])c4[2H])c4c([2H])c([2H])c([2H])c(-c5cccc6ccccc56)c4[2H])c([2H])c3[2H])c([2H])c2[2H])c([2H])c1[2H]. The van der Waals surface area contributed by atoms with Crippen molar-refractivity contribution in [3.8, 4) is 44.5 Å². The first-order valence-corrected chi connectivity index (χ1v) is 14.4. The molecular formula is C46H33N. The Labute approximate surface area is 306 Å². The van der Waals surface area contributed by atoms with Crippen LogP contribution in [0.2, 0.25) is 0 Å². The van der Waals surface area contributed by atoms with E-state index >= 15 is 0 Å². The number of anilines is 3. The van der Waals surface area contributed by atoms with Crippen molar-refractivity contribution in [2.24, 2.45) is 0 Å². The quantitative estimate of drug-likeness (QED) is 0.171. The van der Waals surface area contributed by atoms with Gasteiger partial charge in [0, 0.05) is 17.1 Å². The predicted octanol–water partition coefficient (Wildman–Crippen LogP) is 13.0. The van der Waals surface area contributed by atoms with E-state index in [-0.39, 0.29) is 22.3 Å². The molecule has 0 aliphatic carbocycles. The van der Waals surface area contributed by atoms with Crippen molar-refractivity contribution in [2.45, 2.75) is 0 Å². The minimum Gasteiger partial charge on any atom is -0.310 e. The average molecular weight is 621 g/mol. The van der Waals surface area contributed by atoms with Crippen molar-refractivity contribution in [1.29, 1.82) is 0 Å². The van der Waals surface area contributed by atoms with Gasteiger partial charge in [-0.25, -0.2) is 0 Å². The van der Waals surface area contributed by atoms with Crippen LogP contribution in [-0.4, -0.2) is 0 Å². The van der Waals surface area contributed by atoms with Gasteiger partial charge in [0.1, 0.15) is 0 Å². The molecule has 47 heavy (non-hydrogen) atoms. The summed E-state index contributed by atoms with van der Waals surface area (Å²) in [6.45, 7) is 0. The van der Waals surface area contributed by atoms with Crippen LogP contribution in [-0.2, 0) is 0 Å². The molecule has 0 saturated carbocycles. The second kappa shape index (κ2) is 12.7. The number of nitrogens with zero attached hydrogens (tertiary/aromatic N) is 1. The zero-order chi connectivity index (χ0) is 49.7. The monoisotopic (exact) mass is 620 g/mol. The summed E-state index contributed by atoms with van der Waals surface area (Å²) < 4.78 is 189. The van der Waals surface area contributed by atoms with Gasteiger partial charge in [0.2, 0.25) is 0 Å². The number of benzene rings is 8. The van der Waals surface area contributed by atoms with Crippen molar-refractivity contribution in [1.82, 2.24) is 0 Å². The van der Waals surface area contributed by atoms with Gasteiger partial charge in [-0.1, -0.05) is 163 Å². The molecule has 0 bridgehead atoms. The highest BCUT2D eigenvalue weighted by atomic mass is 15.1. The van der Waals surface area contributed by atoms with Gasteiger partial charge in [-0.2, -0.15) is 0 Å². The molecule has 0 aliphatic rings. The van der Waals surface area contributed by atoms with Crippen LogP contribution in [0.15, 0.2) is 200 Å². The van der Waals surface area contributed by atoms with Crippen LogP contribution in [0.1, 0.15) is 28.8 Å². The zero-order valence-corrected chi connectivity index (χ0v) is 24.4. The second-order valence-corrected chi connectivity index (χ2v) is 10.1. The average Bonchev–Trinajstić information content (AvgIpc) is 3.32. The number of fused-ring (bicyclic) bond motifs is 1. The highest BCUT2D eigenvalue weighted by molar-refractivity contribution is 5.97. The van der Waals surface area contributed by atoms with Crippen molar-refractivity contribution < 1.29 is 28.8 Å². The third kappa shape index (κ3) is 5.83. The van der Waals surface area contributed by atoms with Gasteiger partial charge in [-0.05, 0) is 91.5 Å². The molecule has 0 unspecified atom stereocenters. The Hall–Kier alpha value is -6.18. The van der Waals surface area contributed by atoms with Gasteiger partial charge in [-0.3, -0.25) is 0 Å². The molecule has 0 radical (unpaired) electrons. The highest BCUT2D eigenvalue weighted by Crippen LogP contribution is 2.39. The van der Waals surface area contributed by atoms with Gasteiger partial charge < -0.3 is 4.90 Å². The third-order valence-electron chi connectivity index (χ3n) is 7.25. The molecule has 0 heterocycles. The maximum atomic E-state index is 9.73. The van der Waals surface area contributed by atoms with E-state index in [1.54, 1.807) is 72.8 Å². The molecule has 0 amide bonds. The van der Waals surface area contributed by atoms with Crippen LogP contribution in [0.4, 0.5) is 17.1 Å². The summed E-state index contributed by atoms with van der Waals surface area (Å²) in [5, 5.41) is 1.19. The lowest BCUT2D eigenvalue weighted by atomic mass is 9.97. The Balaban J connectivity index is 1.49. The normalized spacial score (nSPS) is 17.2. The van der Waals surface area contributed by atoms with Crippen LogP contribution in [0.25, 0.3) is 55.3 Å². The number of hydrogen-bond donors (Lipinski definition) is 0. The Morgan fingerprint density at radius 3 is 1.51 bits per heavy atom. The van der Waals surface area contributed by atoms with Crippen LogP contribution in [0.5, 0.6) is 0 Å². The molecule has 0 N–H and O–H groups in total. The lowest BCUT2D eigenvalue weighted by molar-refractivity contribution is 1.28. The van der Waals surface area contributed by atoms with Crippen molar-refractivity contribution in [3.63, 3.8) is 0 Å². The maximum Gasteiger partial charge on any atom is 0.0651 e. The minimum absolute atomic E-state index is 0.161. The Morgan fingerprint density at radius 1 is 0.340 bits per heavy atom. The molecule has 0 aromatic heterocycles. The summed E-state index contributed by atoms with van der Waals surface area (Å²) in [6.07, 6.45) is 0. The fraction of sp³-hybridized carbons (Fsp3) is 0. The molecular weight excluding hydrogens is 567 g/mol. The summed E-state index contributed by atoms with van der Waals surface area (Å²) in [5.41, 5.74) is -5.15. The third-order valence-corrected chi connectivity index (χ3v) is 7.25. The number of rotatable bonds is 7. The summed E-state index contributed by atoms with van der Waals surface area (Å²) in [4.78, 5) is 0.660. The number of hydrogen-bond acceptors (Lipinski definition) is 1. The highest BCUT2D eigenvalue weighted by Gasteiger charge is 2.15. The molecule has 222 valence electrons. The Morgan fingerprint density at radius 2 is 0.851 bits per heavy atom.